The molecule has 1 aromatic carbocycles. The van der Waals surface area contributed by atoms with Gasteiger partial charge in [0.2, 0.25) is 0 Å². The summed E-state index contributed by atoms with van der Waals surface area (Å²) in [7, 11) is 0. The first-order chi connectivity index (χ1) is 7.29. The van der Waals surface area contributed by atoms with E-state index in [0.717, 1.165) is 12.8 Å². The van der Waals surface area contributed by atoms with Gasteiger partial charge in [-0.2, -0.15) is 0 Å². The molecule has 0 atom stereocenters. The zero-order valence-electron chi connectivity index (χ0n) is 8.94. The van der Waals surface area contributed by atoms with Gasteiger partial charge in [0, 0.05) is 18.2 Å². The van der Waals surface area contributed by atoms with Gasteiger partial charge in [-0.25, -0.2) is 0 Å². The van der Waals surface area contributed by atoms with Crippen LogP contribution in [-0.2, 0) is 0 Å². The summed E-state index contributed by atoms with van der Waals surface area (Å²) in [5.74, 6) is -0.0912. The van der Waals surface area contributed by atoms with Crippen LogP contribution in [0.4, 0.5) is 0 Å². The third-order valence-electron chi connectivity index (χ3n) is 2.16. The highest BCUT2D eigenvalue weighted by Gasteiger charge is 2.11. The van der Waals surface area contributed by atoms with Crippen molar-refractivity contribution in [3.05, 3.63) is 35.9 Å². The maximum atomic E-state index is 11.9. The normalized spacial score (nSPS) is 9.33. The quantitative estimate of drug-likeness (QED) is 0.541. The van der Waals surface area contributed by atoms with Crippen LogP contribution in [0.1, 0.15) is 30.1 Å². The lowest BCUT2D eigenvalue weighted by Crippen LogP contribution is -2.27. The van der Waals surface area contributed by atoms with E-state index >= 15 is 0 Å². The zero-order valence-corrected chi connectivity index (χ0v) is 8.94. The molecule has 0 saturated heterocycles. The molecule has 0 aliphatic heterocycles. The fraction of sp³-hybridized carbons (Fsp3) is 0.308. The molecule has 1 amide bonds. The van der Waals surface area contributed by atoms with Crippen molar-refractivity contribution in [2.75, 3.05) is 6.54 Å². The lowest BCUT2D eigenvalue weighted by atomic mass is 10.2. The molecule has 0 aliphatic carbocycles. The predicted octanol–water partition coefficient (Wildman–Crippen LogP) is 2.52. The number of nitrogens with zero attached hydrogens (tertiary/aromatic N) is 1. The number of hydrogen-bond donors (Lipinski definition) is 0. The van der Waals surface area contributed by atoms with Crippen LogP contribution in [0, 0.1) is 12.5 Å². The van der Waals surface area contributed by atoms with Crippen molar-refractivity contribution in [2.24, 2.45) is 0 Å². The highest BCUT2D eigenvalue weighted by atomic mass is 16.2. The minimum absolute atomic E-state index is 0.0912. The Labute approximate surface area is 90.9 Å². The van der Waals surface area contributed by atoms with Gasteiger partial charge in [-0.15, -0.1) is 0 Å². The number of hydrogen-bond acceptors (Lipinski definition) is 1. The van der Waals surface area contributed by atoms with Gasteiger partial charge in [-0.05, 0) is 18.6 Å². The smallest absolute Gasteiger partial charge is 0.265 e. The van der Waals surface area contributed by atoms with Crippen LogP contribution in [0.2, 0.25) is 0 Å². The van der Waals surface area contributed by atoms with Crippen LogP contribution >= 0.6 is 0 Å². The van der Waals surface area contributed by atoms with Crippen molar-refractivity contribution in [2.45, 2.75) is 19.8 Å². The Balaban J connectivity index is 2.70. The highest BCUT2D eigenvalue weighted by Crippen LogP contribution is 2.04. The van der Waals surface area contributed by atoms with E-state index in [0.29, 0.717) is 12.1 Å². The summed E-state index contributed by atoms with van der Waals surface area (Å²) in [6, 6.07) is 11.5. The first-order valence-corrected chi connectivity index (χ1v) is 5.12. The van der Waals surface area contributed by atoms with Crippen molar-refractivity contribution in [3.8, 4) is 12.5 Å². The molecule has 1 rings (SSSR count). The maximum absolute atomic E-state index is 11.9. The van der Waals surface area contributed by atoms with E-state index in [1.54, 1.807) is 12.1 Å². The number of carbonyl (C=O) groups excluding carboxylic acids is 1. The Bertz CT molecular complexity index is 351. The van der Waals surface area contributed by atoms with Crippen molar-refractivity contribution >= 4 is 5.91 Å². The maximum Gasteiger partial charge on any atom is 0.265 e. The van der Waals surface area contributed by atoms with Crippen LogP contribution in [0.3, 0.4) is 0 Å². The fourth-order valence-corrected chi connectivity index (χ4v) is 1.28. The first kappa shape index (κ1) is 11.3. The molecule has 1 aromatic rings. The molecule has 2 heteroatoms. The zero-order chi connectivity index (χ0) is 11.1. The first-order valence-electron chi connectivity index (χ1n) is 5.12. The molecule has 0 saturated carbocycles. The van der Waals surface area contributed by atoms with E-state index in [4.69, 9.17) is 6.42 Å². The Hall–Kier alpha value is -1.75. The lowest BCUT2D eigenvalue weighted by molar-refractivity contribution is 0.0833. The fourth-order valence-electron chi connectivity index (χ4n) is 1.28. The molecule has 0 N–H and O–H groups in total. The molecule has 0 spiro atoms. The van der Waals surface area contributed by atoms with Crippen molar-refractivity contribution < 1.29 is 4.79 Å². The second-order valence-electron chi connectivity index (χ2n) is 3.31. The predicted molar refractivity (Wildman–Crippen MR) is 61.2 cm³/mol. The Morgan fingerprint density at radius 2 is 2.07 bits per heavy atom. The van der Waals surface area contributed by atoms with Gasteiger partial charge in [0.25, 0.3) is 5.91 Å². The van der Waals surface area contributed by atoms with Gasteiger partial charge in [0.15, 0.2) is 0 Å². The molecule has 0 unspecified atom stereocenters. The Morgan fingerprint density at radius 3 is 2.60 bits per heavy atom. The highest BCUT2D eigenvalue weighted by molar-refractivity contribution is 5.95. The molecular formula is C13H15NO. The largest absolute Gasteiger partial charge is 0.268 e. The molecule has 0 heterocycles. The van der Waals surface area contributed by atoms with Gasteiger partial charge in [0.05, 0.1) is 0 Å². The van der Waals surface area contributed by atoms with E-state index in [2.05, 4.69) is 13.0 Å². The number of benzene rings is 1. The summed E-state index contributed by atoms with van der Waals surface area (Å²) in [6.45, 7) is 2.70. The Morgan fingerprint density at radius 1 is 1.40 bits per heavy atom. The molecule has 15 heavy (non-hydrogen) atoms. The third kappa shape index (κ3) is 3.14. The second kappa shape index (κ2) is 5.87. The summed E-state index contributed by atoms with van der Waals surface area (Å²) < 4.78 is 0. The van der Waals surface area contributed by atoms with Gasteiger partial charge in [-0.1, -0.05) is 38.0 Å². The number of rotatable bonds is 4. The van der Waals surface area contributed by atoms with E-state index in [1.165, 1.54) is 4.90 Å². The van der Waals surface area contributed by atoms with E-state index < -0.39 is 0 Å². The topological polar surface area (TPSA) is 20.3 Å². The van der Waals surface area contributed by atoms with Crippen LogP contribution < -0.4 is 0 Å². The number of amides is 1. The van der Waals surface area contributed by atoms with Gasteiger partial charge >= 0.3 is 0 Å². The molecule has 0 fully saturated rings. The number of unbranched alkanes of at least 4 members (excludes halogenated alkanes) is 1. The monoisotopic (exact) mass is 201 g/mol. The van der Waals surface area contributed by atoms with E-state index in [-0.39, 0.29) is 5.91 Å². The Kier molecular flexibility index (Phi) is 4.43. The van der Waals surface area contributed by atoms with Crippen molar-refractivity contribution in [1.82, 2.24) is 4.90 Å². The van der Waals surface area contributed by atoms with E-state index in [9.17, 15) is 4.79 Å². The van der Waals surface area contributed by atoms with Gasteiger partial charge in [0.1, 0.15) is 0 Å². The molecular weight excluding hydrogens is 186 g/mol. The standard InChI is InChI=1S/C13H15NO/c1-3-5-11-14(4-2)13(15)12-9-7-6-8-10-12/h2,6-10H,3,5,11H2,1H3. The molecule has 0 bridgehead atoms. The van der Waals surface area contributed by atoms with Gasteiger partial charge < -0.3 is 0 Å². The molecule has 0 aliphatic rings. The average Bonchev–Trinajstić information content (AvgIpc) is 2.31. The number of terminal acetylenes is 1. The molecule has 2 nitrogen and oxygen atoms in total. The van der Waals surface area contributed by atoms with Crippen LogP contribution in [0.5, 0.6) is 0 Å². The van der Waals surface area contributed by atoms with Crippen LogP contribution in [0.15, 0.2) is 30.3 Å². The molecule has 0 aromatic heterocycles. The molecule has 78 valence electrons. The number of carbonyl (C=O) groups is 1. The summed E-state index contributed by atoms with van der Waals surface area (Å²) in [4.78, 5) is 13.3. The van der Waals surface area contributed by atoms with Crippen LogP contribution in [0.25, 0.3) is 0 Å². The third-order valence-corrected chi connectivity index (χ3v) is 2.16. The lowest BCUT2D eigenvalue weighted by Gasteiger charge is -2.14. The van der Waals surface area contributed by atoms with E-state index in [1.807, 2.05) is 18.2 Å². The summed E-state index contributed by atoms with van der Waals surface area (Å²) >= 11 is 0. The summed E-state index contributed by atoms with van der Waals surface area (Å²) in [5, 5.41) is 0. The average molecular weight is 201 g/mol. The summed E-state index contributed by atoms with van der Waals surface area (Å²) in [5.41, 5.74) is 0.645. The summed E-state index contributed by atoms with van der Waals surface area (Å²) in [6.07, 6.45) is 7.27. The minimum Gasteiger partial charge on any atom is -0.268 e. The molecule has 0 radical (unpaired) electrons. The SMILES string of the molecule is C#CN(CCCC)C(=O)c1ccccc1. The van der Waals surface area contributed by atoms with Gasteiger partial charge in [-0.3, -0.25) is 9.69 Å². The van der Waals surface area contributed by atoms with Crippen LogP contribution in [-0.4, -0.2) is 17.4 Å². The van der Waals surface area contributed by atoms with Crippen molar-refractivity contribution in [3.63, 3.8) is 0 Å². The second-order valence-corrected chi connectivity index (χ2v) is 3.31. The van der Waals surface area contributed by atoms with Crippen molar-refractivity contribution in [1.29, 1.82) is 0 Å². The minimum atomic E-state index is -0.0912.